The van der Waals surface area contributed by atoms with Crippen LogP contribution in [0.2, 0.25) is 0 Å². The van der Waals surface area contributed by atoms with E-state index in [-0.39, 0.29) is 0 Å². The average Bonchev–Trinajstić information content (AvgIpc) is 2.49. The smallest absolute Gasteiger partial charge is 0.0502 e. The first-order valence-electron chi connectivity index (χ1n) is 8.31. The first kappa shape index (κ1) is 16.5. The molecular formula is C18H30N2O. The number of piperidine rings is 1. The van der Waals surface area contributed by atoms with Crippen molar-refractivity contribution < 1.29 is 4.74 Å². The van der Waals surface area contributed by atoms with Gasteiger partial charge in [0.15, 0.2) is 0 Å². The van der Waals surface area contributed by atoms with E-state index in [4.69, 9.17) is 4.74 Å². The Kier molecular flexibility index (Phi) is 7.20. The Hall–Kier alpha value is -0.900. The van der Waals surface area contributed by atoms with Crippen molar-refractivity contribution in [3.63, 3.8) is 0 Å². The van der Waals surface area contributed by atoms with E-state index in [2.05, 4.69) is 41.4 Å². The Bertz CT molecular complexity index is 406. The standard InChI is InChI=1S/C18H30N2O/c1-3-9-19-12-16-6-4-7-17(11-16)13-20-10-5-8-18(14-20)15-21-2/h4,6-7,11,18-19H,3,5,8-10,12-15H2,1-2H3. The summed E-state index contributed by atoms with van der Waals surface area (Å²) >= 11 is 0. The number of methoxy groups -OCH3 is 1. The fourth-order valence-electron chi connectivity index (χ4n) is 3.17. The van der Waals surface area contributed by atoms with Crippen molar-refractivity contribution in [2.45, 2.75) is 39.3 Å². The molecule has 0 spiro atoms. The molecule has 1 aliphatic rings. The Morgan fingerprint density at radius 3 is 3.00 bits per heavy atom. The molecule has 0 saturated carbocycles. The molecule has 1 N–H and O–H groups in total. The van der Waals surface area contributed by atoms with Crippen LogP contribution in [0, 0.1) is 5.92 Å². The van der Waals surface area contributed by atoms with Crippen LogP contribution in [0.4, 0.5) is 0 Å². The largest absolute Gasteiger partial charge is 0.384 e. The molecule has 1 atom stereocenters. The number of hydrogen-bond acceptors (Lipinski definition) is 3. The lowest BCUT2D eigenvalue weighted by Crippen LogP contribution is -2.36. The molecule has 0 bridgehead atoms. The fraction of sp³-hybridized carbons (Fsp3) is 0.667. The van der Waals surface area contributed by atoms with Gasteiger partial charge in [-0.15, -0.1) is 0 Å². The molecule has 1 saturated heterocycles. The van der Waals surface area contributed by atoms with Crippen molar-refractivity contribution in [3.8, 4) is 0 Å². The number of rotatable bonds is 8. The summed E-state index contributed by atoms with van der Waals surface area (Å²) in [7, 11) is 1.81. The number of benzene rings is 1. The highest BCUT2D eigenvalue weighted by molar-refractivity contribution is 5.23. The molecular weight excluding hydrogens is 260 g/mol. The molecule has 0 aromatic heterocycles. The van der Waals surface area contributed by atoms with Crippen LogP contribution in [0.25, 0.3) is 0 Å². The lowest BCUT2D eigenvalue weighted by Gasteiger charge is -2.32. The lowest BCUT2D eigenvalue weighted by molar-refractivity contribution is 0.0874. The van der Waals surface area contributed by atoms with Gasteiger partial charge >= 0.3 is 0 Å². The van der Waals surface area contributed by atoms with Crippen molar-refractivity contribution in [2.24, 2.45) is 5.92 Å². The fourth-order valence-corrected chi connectivity index (χ4v) is 3.17. The van der Waals surface area contributed by atoms with Crippen LogP contribution in [0.1, 0.15) is 37.3 Å². The number of nitrogens with one attached hydrogen (secondary N) is 1. The first-order chi connectivity index (χ1) is 10.3. The maximum atomic E-state index is 5.32. The summed E-state index contributed by atoms with van der Waals surface area (Å²) in [5.41, 5.74) is 2.83. The van der Waals surface area contributed by atoms with Crippen molar-refractivity contribution in [1.29, 1.82) is 0 Å². The van der Waals surface area contributed by atoms with Gasteiger partial charge in [0.2, 0.25) is 0 Å². The first-order valence-corrected chi connectivity index (χ1v) is 8.31. The van der Waals surface area contributed by atoms with Crippen molar-refractivity contribution in [1.82, 2.24) is 10.2 Å². The van der Waals surface area contributed by atoms with Crippen LogP contribution in [-0.4, -0.2) is 38.3 Å². The molecule has 0 radical (unpaired) electrons. The average molecular weight is 290 g/mol. The lowest BCUT2D eigenvalue weighted by atomic mass is 9.98. The molecule has 3 nitrogen and oxygen atoms in total. The zero-order valence-electron chi connectivity index (χ0n) is 13.6. The van der Waals surface area contributed by atoms with Gasteiger partial charge in [0.25, 0.3) is 0 Å². The predicted octanol–water partition coefficient (Wildman–Crippen LogP) is 3.04. The quantitative estimate of drug-likeness (QED) is 0.745. The second-order valence-electron chi connectivity index (χ2n) is 6.20. The molecule has 0 aliphatic carbocycles. The SMILES string of the molecule is CCCNCc1cccc(CN2CCCC(COC)C2)c1. The van der Waals surface area contributed by atoms with Gasteiger partial charge in [0.1, 0.15) is 0 Å². The molecule has 1 aromatic rings. The van der Waals surface area contributed by atoms with Gasteiger partial charge in [-0.3, -0.25) is 4.90 Å². The van der Waals surface area contributed by atoms with E-state index in [1.165, 1.54) is 43.5 Å². The molecule has 21 heavy (non-hydrogen) atoms. The normalized spacial score (nSPS) is 19.8. The summed E-state index contributed by atoms with van der Waals surface area (Å²) in [6.07, 6.45) is 3.80. The highest BCUT2D eigenvalue weighted by Crippen LogP contribution is 2.19. The van der Waals surface area contributed by atoms with Crippen LogP contribution >= 0.6 is 0 Å². The number of ether oxygens (including phenoxy) is 1. The third-order valence-electron chi connectivity index (χ3n) is 4.16. The van der Waals surface area contributed by atoms with Gasteiger partial charge in [-0.25, -0.2) is 0 Å². The van der Waals surface area contributed by atoms with Crippen molar-refractivity contribution in [2.75, 3.05) is 33.4 Å². The van der Waals surface area contributed by atoms with E-state index in [9.17, 15) is 0 Å². The summed E-state index contributed by atoms with van der Waals surface area (Å²) in [6.45, 7) is 8.64. The summed E-state index contributed by atoms with van der Waals surface area (Å²) in [4.78, 5) is 2.58. The van der Waals surface area contributed by atoms with Crippen LogP contribution in [0.5, 0.6) is 0 Å². The number of likely N-dealkylation sites (tertiary alicyclic amines) is 1. The van der Waals surface area contributed by atoms with E-state index in [1.807, 2.05) is 7.11 Å². The molecule has 2 rings (SSSR count). The zero-order valence-corrected chi connectivity index (χ0v) is 13.6. The Morgan fingerprint density at radius 1 is 1.33 bits per heavy atom. The Labute approximate surface area is 129 Å². The molecule has 3 heteroatoms. The summed E-state index contributed by atoms with van der Waals surface area (Å²) in [5.74, 6) is 0.707. The summed E-state index contributed by atoms with van der Waals surface area (Å²) in [5, 5.41) is 3.48. The second-order valence-corrected chi connectivity index (χ2v) is 6.20. The van der Waals surface area contributed by atoms with E-state index >= 15 is 0 Å². The zero-order chi connectivity index (χ0) is 14.9. The highest BCUT2D eigenvalue weighted by Gasteiger charge is 2.19. The van der Waals surface area contributed by atoms with E-state index in [0.29, 0.717) is 5.92 Å². The molecule has 1 fully saturated rings. The molecule has 118 valence electrons. The van der Waals surface area contributed by atoms with Gasteiger partial charge in [-0.2, -0.15) is 0 Å². The third kappa shape index (κ3) is 5.77. The maximum Gasteiger partial charge on any atom is 0.0502 e. The predicted molar refractivity (Wildman–Crippen MR) is 88.3 cm³/mol. The highest BCUT2D eigenvalue weighted by atomic mass is 16.5. The monoisotopic (exact) mass is 290 g/mol. The minimum absolute atomic E-state index is 0.707. The molecule has 1 unspecified atom stereocenters. The molecule has 1 heterocycles. The van der Waals surface area contributed by atoms with Gasteiger partial charge in [0, 0.05) is 26.7 Å². The van der Waals surface area contributed by atoms with Gasteiger partial charge in [0.05, 0.1) is 6.61 Å². The minimum Gasteiger partial charge on any atom is -0.384 e. The van der Waals surface area contributed by atoms with E-state index < -0.39 is 0 Å². The van der Waals surface area contributed by atoms with E-state index in [0.717, 1.165) is 26.2 Å². The minimum atomic E-state index is 0.707. The van der Waals surface area contributed by atoms with Gasteiger partial charge < -0.3 is 10.1 Å². The van der Waals surface area contributed by atoms with E-state index in [1.54, 1.807) is 0 Å². The van der Waals surface area contributed by atoms with Crippen LogP contribution < -0.4 is 5.32 Å². The number of nitrogens with zero attached hydrogens (tertiary/aromatic N) is 1. The van der Waals surface area contributed by atoms with Crippen molar-refractivity contribution >= 4 is 0 Å². The molecule has 1 aromatic carbocycles. The maximum absolute atomic E-state index is 5.32. The molecule has 1 aliphatic heterocycles. The number of hydrogen-bond donors (Lipinski definition) is 1. The third-order valence-corrected chi connectivity index (χ3v) is 4.16. The topological polar surface area (TPSA) is 24.5 Å². The van der Waals surface area contributed by atoms with Crippen molar-refractivity contribution in [3.05, 3.63) is 35.4 Å². The summed E-state index contributed by atoms with van der Waals surface area (Å²) < 4.78 is 5.32. The second kappa shape index (κ2) is 9.19. The van der Waals surface area contributed by atoms with Crippen LogP contribution in [0.15, 0.2) is 24.3 Å². The Morgan fingerprint density at radius 2 is 2.19 bits per heavy atom. The van der Waals surface area contributed by atoms with Gasteiger partial charge in [-0.1, -0.05) is 31.2 Å². The molecule has 0 amide bonds. The van der Waals surface area contributed by atoms with Crippen LogP contribution in [-0.2, 0) is 17.8 Å². The van der Waals surface area contributed by atoms with Crippen LogP contribution in [0.3, 0.4) is 0 Å². The Balaban J connectivity index is 1.85. The van der Waals surface area contributed by atoms with Gasteiger partial charge in [-0.05, 0) is 49.4 Å². The summed E-state index contributed by atoms with van der Waals surface area (Å²) in [6, 6.07) is 9.01.